The smallest absolute Gasteiger partial charge is 0.194 e. The monoisotopic (exact) mass is 584 g/mol. The molecule has 0 radical (unpaired) electrons. The summed E-state index contributed by atoms with van der Waals surface area (Å²) in [7, 11) is 0. The number of Topliss-reactive ketones (excluding diaryl/α,β-unsaturated/α-hetero) is 1. The molecular formula is C34H34ClFN4O2. The number of halogens is 2. The standard InChI is InChI=1S/C34H34ClFN4O2/c1-20(2)39-11-9-22(10-12-39)29-16-23-14-25(15-24(23)17-31(29)36)33(41)30-19-38-40(34(30)37)32-8-7-28(13-21(32)3)42-27-6-4-5-26(35)18-27/h4-8,13-14,16-20,22H,9-12,15,37H2,1-3H3. The van der Waals surface area contributed by atoms with E-state index in [1.165, 1.54) is 6.20 Å². The minimum atomic E-state index is -0.194. The zero-order valence-electron chi connectivity index (χ0n) is 24.0. The Bertz CT molecular complexity index is 1700. The number of aryl methyl sites for hydroxylation is 1. The molecule has 1 aliphatic heterocycles. The second kappa shape index (κ2) is 11.4. The molecule has 2 heterocycles. The number of allylic oxidation sites excluding steroid dienone is 1. The van der Waals surface area contributed by atoms with Crippen molar-refractivity contribution < 1.29 is 13.9 Å². The van der Waals surface area contributed by atoms with E-state index in [0.29, 0.717) is 40.1 Å². The number of ether oxygens (including phenoxy) is 1. The average Bonchev–Trinajstić information content (AvgIpc) is 3.55. The van der Waals surface area contributed by atoms with Gasteiger partial charge in [-0.05, 0) is 129 Å². The summed E-state index contributed by atoms with van der Waals surface area (Å²) in [5, 5.41) is 5.04. The van der Waals surface area contributed by atoms with Crippen LogP contribution in [0.15, 0.2) is 66.4 Å². The normalized spacial score (nSPS) is 15.6. The fraction of sp³-hybridized carbons (Fsp3) is 0.294. The summed E-state index contributed by atoms with van der Waals surface area (Å²) in [6, 6.07) is 16.8. The van der Waals surface area contributed by atoms with Crippen molar-refractivity contribution in [2.75, 3.05) is 18.8 Å². The van der Waals surface area contributed by atoms with Gasteiger partial charge in [0.15, 0.2) is 5.78 Å². The van der Waals surface area contributed by atoms with Crippen LogP contribution >= 0.6 is 11.6 Å². The van der Waals surface area contributed by atoms with E-state index in [9.17, 15) is 4.79 Å². The molecule has 2 aliphatic rings. The van der Waals surface area contributed by atoms with Crippen molar-refractivity contribution >= 4 is 29.3 Å². The number of piperidine rings is 1. The number of fused-ring (bicyclic) bond motifs is 1. The number of carbonyl (C=O) groups is 1. The van der Waals surface area contributed by atoms with E-state index >= 15 is 4.39 Å². The lowest BCUT2D eigenvalue weighted by molar-refractivity contribution is 0.103. The van der Waals surface area contributed by atoms with E-state index < -0.39 is 0 Å². The first-order chi connectivity index (χ1) is 20.2. The van der Waals surface area contributed by atoms with Crippen molar-refractivity contribution in [3.05, 3.63) is 105 Å². The van der Waals surface area contributed by atoms with Crippen molar-refractivity contribution in [2.45, 2.75) is 52.0 Å². The van der Waals surface area contributed by atoms with Gasteiger partial charge in [-0.25, -0.2) is 9.07 Å². The second-order valence-electron chi connectivity index (χ2n) is 11.5. The molecule has 0 unspecified atom stereocenters. The van der Waals surface area contributed by atoms with Crippen LogP contribution in [0, 0.1) is 12.7 Å². The summed E-state index contributed by atoms with van der Waals surface area (Å²) in [6.45, 7) is 8.27. The topological polar surface area (TPSA) is 73.4 Å². The van der Waals surface area contributed by atoms with E-state index in [2.05, 4.69) is 23.8 Å². The molecule has 1 fully saturated rings. The number of carbonyl (C=O) groups excluding carboxylic acids is 1. The largest absolute Gasteiger partial charge is 0.457 e. The molecule has 42 heavy (non-hydrogen) atoms. The minimum Gasteiger partial charge on any atom is -0.457 e. The van der Waals surface area contributed by atoms with Crippen LogP contribution in [0.3, 0.4) is 0 Å². The van der Waals surface area contributed by atoms with Gasteiger partial charge in [0, 0.05) is 23.1 Å². The Hall–Kier alpha value is -3.94. The van der Waals surface area contributed by atoms with Gasteiger partial charge in [-0.15, -0.1) is 0 Å². The van der Waals surface area contributed by atoms with Crippen LogP contribution in [-0.2, 0) is 6.42 Å². The number of nitrogen functional groups attached to an aromatic ring is 1. The molecule has 3 aromatic carbocycles. The number of aromatic nitrogens is 2. The summed E-state index contributed by atoms with van der Waals surface area (Å²) >= 11 is 6.07. The highest BCUT2D eigenvalue weighted by atomic mass is 35.5. The molecule has 0 spiro atoms. The lowest BCUT2D eigenvalue weighted by Crippen LogP contribution is -2.38. The third kappa shape index (κ3) is 5.46. The number of nitrogens with zero attached hydrogens (tertiary/aromatic N) is 3. The Kier molecular flexibility index (Phi) is 7.64. The number of anilines is 1. The molecule has 1 saturated heterocycles. The van der Waals surface area contributed by atoms with Gasteiger partial charge in [-0.2, -0.15) is 5.10 Å². The Morgan fingerprint density at radius 1 is 1.10 bits per heavy atom. The molecule has 0 bridgehead atoms. The number of rotatable bonds is 7. The van der Waals surface area contributed by atoms with Crippen molar-refractivity contribution in [1.82, 2.24) is 14.7 Å². The van der Waals surface area contributed by atoms with E-state index in [0.717, 1.165) is 53.9 Å². The predicted molar refractivity (Wildman–Crippen MR) is 165 cm³/mol. The van der Waals surface area contributed by atoms with Gasteiger partial charge in [-0.3, -0.25) is 4.79 Å². The number of benzene rings is 3. The third-order valence-corrected chi connectivity index (χ3v) is 8.67. The average molecular weight is 585 g/mol. The Labute approximate surface area is 250 Å². The van der Waals surface area contributed by atoms with Gasteiger partial charge in [0.2, 0.25) is 0 Å². The highest BCUT2D eigenvalue weighted by Gasteiger charge is 2.28. The molecule has 2 N–H and O–H groups in total. The maximum absolute atomic E-state index is 15.2. The molecule has 0 amide bonds. The molecule has 8 heteroatoms. The van der Waals surface area contributed by atoms with E-state index in [-0.39, 0.29) is 23.3 Å². The van der Waals surface area contributed by atoms with E-state index in [4.69, 9.17) is 22.1 Å². The van der Waals surface area contributed by atoms with Crippen molar-refractivity contribution in [1.29, 1.82) is 0 Å². The van der Waals surface area contributed by atoms with Crippen LogP contribution in [0.4, 0.5) is 10.2 Å². The van der Waals surface area contributed by atoms with Gasteiger partial charge in [0.05, 0.1) is 17.4 Å². The summed E-state index contributed by atoms with van der Waals surface area (Å²) in [5.41, 5.74) is 11.5. The number of hydrogen-bond donors (Lipinski definition) is 1. The molecule has 1 aromatic heterocycles. The quantitative estimate of drug-likeness (QED) is 0.225. The van der Waals surface area contributed by atoms with Crippen molar-refractivity contribution in [2.24, 2.45) is 0 Å². The van der Waals surface area contributed by atoms with Crippen LogP contribution in [0.2, 0.25) is 5.02 Å². The van der Waals surface area contributed by atoms with Crippen molar-refractivity contribution in [3.8, 4) is 17.2 Å². The number of hydrogen-bond acceptors (Lipinski definition) is 5. The van der Waals surface area contributed by atoms with E-state index in [1.54, 1.807) is 22.9 Å². The predicted octanol–water partition coefficient (Wildman–Crippen LogP) is 7.76. The van der Waals surface area contributed by atoms with Gasteiger partial charge in [0.1, 0.15) is 23.1 Å². The molecule has 0 atom stereocenters. The highest BCUT2D eigenvalue weighted by Crippen LogP contribution is 2.37. The molecule has 0 saturated carbocycles. The number of ketones is 1. The zero-order valence-corrected chi connectivity index (χ0v) is 24.8. The van der Waals surface area contributed by atoms with Crippen molar-refractivity contribution in [3.63, 3.8) is 0 Å². The van der Waals surface area contributed by atoms with Crippen LogP contribution in [0.25, 0.3) is 11.8 Å². The maximum Gasteiger partial charge on any atom is 0.194 e. The Balaban J connectivity index is 1.20. The third-order valence-electron chi connectivity index (χ3n) is 8.44. The first kappa shape index (κ1) is 28.2. The van der Waals surface area contributed by atoms with Gasteiger partial charge in [-0.1, -0.05) is 17.7 Å². The van der Waals surface area contributed by atoms with Gasteiger partial charge >= 0.3 is 0 Å². The summed E-state index contributed by atoms with van der Waals surface area (Å²) in [6.07, 6.45) is 5.63. The first-order valence-corrected chi connectivity index (χ1v) is 14.8. The van der Waals surface area contributed by atoms with Gasteiger partial charge in [0.25, 0.3) is 0 Å². The fourth-order valence-electron chi connectivity index (χ4n) is 6.06. The van der Waals surface area contributed by atoms with E-state index in [1.807, 2.05) is 49.4 Å². The first-order valence-electron chi connectivity index (χ1n) is 14.4. The van der Waals surface area contributed by atoms with Crippen LogP contribution < -0.4 is 10.5 Å². The van der Waals surface area contributed by atoms with Crippen LogP contribution in [0.5, 0.6) is 11.5 Å². The Morgan fingerprint density at radius 3 is 2.57 bits per heavy atom. The lowest BCUT2D eigenvalue weighted by Gasteiger charge is -2.35. The van der Waals surface area contributed by atoms with Crippen LogP contribution in [0.1, 0.15) is 65.2 Å². The summed E-state index contributed by atoms with van der Waals surface area (Å²) in [4.78, 5) is 16.0. The molecule has 6 nitrogen and oxygen atoms in total. The Morgan fingerprint density at radius 2 is 1.86 bits per heavy atom. The highest BCUT2D eigenvalue weighted by molar-refractivity contribution is 6.30. The second-order valence-corrected chi connectivity index (χ2v) is 12.0. The van der Waals surface area contributed by atoms with Crippen LogP contribution in [-0.4, -0.2) is 39.6 Å². The summed E-state index contributed by atoms with van der Waals surface area (Å²) < 4.78 is 22.7. The number of likely N-dealkylation sites (tertiary alicyclic amines) is 1. The van der Waals surface area contributed by atoms with Gasteiger partial charge < -0.3 is 15.4 Å². The molecule has 4 aromatic rings. The zero-order chi connectivity index (χ0) is 29.5. The molecule has 1 aliphatic carbocycles. The lowest BCUT2D eigenvalue weighted by atomic mass is 9.87. The summed E-state index contributed by atoms with van der Waals surface area (Å²) in [5.74, 6) is 1.36. The minimum absolute atomic E-state index is 0.176. The fourth-order valence-corrected chi connectivity index (χ4v) is 6.24. The maximum atomic E-state index is 15.2. The molecule has 6 rings (SSSR count). The molecule has 216 valence electrons. The molecular weight excluding hydrogens is 551 g/mol. The number of nitrogens with two attached hydrogens (primary N) is 1. The SMILES string of the molecule is Cc1cc(Oc2cccc(Cl)c2)ccc1-n1ncc(C(=O)C2=Cc3cc(C4CCN(C(C)C)CC4)c(F)cc3C2)c1N.